The van der Waals surface area contributed by atoms with Gasteiger partial charge in [0.05, 0.1) is 39.0 Å². The van der Waals surface area contributed by atoms with Crippen LogP contribution in [0.3, 0.4) is 0 Å². The second-order valence-corrected chi connectivity index (χ2v) is 5.51. The Morgan fingerprint density at radius 3 is 1.83 bits per heavy atom. The number of esters is 2. The topological polar surface area (TPSA) is 126 Å². The maximum Gasteiger partial charge on any atom is 0.341 e. The number of benzene rings is 2. The molecular formula is C20H24N2O8. The smallest absolute Gasteiger partial charge is 0.341 e. The van der Waals surface area contributed by atoms with Gasteiger partial charge in [0.1, 0.15) is 11.1 Å². The van der Waals surface area contributed by atoms with E-state index in [-0.39, 0.29) is 17.0 Å². The molecule has 2 rings (SSSR count). The number of nitro groups is 1. The van der Waals surface area contributed by atoms with Crippen LogP contribution in [0.5, 0.6) is 11.5 Å². The number of hydrogen-bond acceptors (Lipinski definition) is 9. The Labute approximate surface area is 173 Å². The number of methoxy groups -OCH3 is 4. The average Bonchev–Trinajstić information content (AvgIpc) is 2.77. The van der Waals surface area contributed by atoms with Crippen LogP contribution in [0.15, 0.2) is 36.4 Å². The van der Waals surface area contributed by atoms with E-state index in [1.54, 1.807) is 12.1 Å². The van der Waals surface area contributed by atoms with E-state index in [2.05, 4.69) is 14.8 Å². The van der Waals surface area contributed by atoms with E-state index < -0.39 is 16.9 Å². The van der Waals surface area contributed by atoms with E-state index in [9.17, 15) is 19.7 Å². The van der Waals surface area contributed by atoms with Crippen molar-refractivity contribution in [3.05, 3.63) is 57.6 Å². The van der Waals surface area contributed by atoms with Gasteiger partial charge in [0.15, 0.2) is 5.75 Å². The molecule has 0 fully saturated rings. The summed E-state index contributed by atoms with van der Waals surface area (Å²) in [6, 6.07) is 9.36. The second-order valence-electron chi connectivity index (χ2n) is 5.51. The van der Waals surface area contributed by atoms with E-state index in [1.165, 1.54) is 46.6 Å². The van der Waals surface area contributed by atoms with Crippen LogP contribution in [0.1, 0.15) is 27.6 Å². The number of nitro benzene ring substituents is 1. The molecule has 2 aromatic carbocycles. The van der Waals surface area contributed by atoms with Crippen LogP contribution in [0.2, 0.25) is 0 Å². The number of carbonyl (C=O) groups is 2. The average molecular weight is 420 g/mol. The Kier molecular flexibility index (Phi) is 9.60. The molecule has 30 heavy (non-hydrogen) atoms. The van der Waals surface area contributed by atoms with Crippen LogP contribution in [-0.4, -0.2) is 51.8 Å². The Morgan fingerprint density at radius 2 is 1.40 bits per heavy atom. The minimum absolute atomic E-state index is 0.0363. The third kappa shape index (κ3) is 5.84. The van der Waals surface area contributed by atoms with Crippen LogP contribution in [-0.2, 0) is 9.47 Å². The lowest BCUT2D eigenvalue weighted by Gasteiger charge is -2.12. The van der Waals surface area contributed by atoms with Crippen molar-refractivity contribution in [3.8, 4) is 11.5 Å². The van der Waals surface area contributed by atoms with Crippen molar-refractivity contribution in [1.82, 2.24) is 0 Å². The molecule has 0 heterocycles. The van der Waals surface area contributed by atoms with Gasteiger partial charge in [0.2, 0.25) is 5.75 Å². The first-order chi connectivity index (χ1) is 14.4. The molecule has 0 bridgehead atoms. The summed E-state index contributed by atoms with van der Waals surface area (Å²) in [6.45, 7) is 2.74. The van der Waals surface area contributed by atoms with Crippen molar-refractivity contribution >= 4 is 23.3 Å². The van der Waals surface area contributed by atoms with Crippen molar-refractivity contribution in [3.63, 3.8) is 0 Å². The quantitative estimate of drug-likeness (QED) is 0.408. The van der Waals surface area contributed by atoms with Crippen molar-refractivity contribution in [1.29, 1.82) is 0 Å². The summed E-state index contributed by atoms with van der Waals surface area (Å²) in [4.78, 5) is 32.7. The van der Waals surface area contributed by atoms with Gasteiger partial charge >= 0.3 is 17.6 Å². The van der Waals surface area contributed by atoms with Gasteiger partial charge in [-0.1, -0.05) is 12.1 Å². The van der Waals surface area contributed by atoms with Gasteiger partial charge < -0.3 is 24.3 Å². The fourth-order valence-electron chi connectivity index (χ4n) is 2.51. The first kappa shape index (κ1) is 24.2. The van der Waals surface area contributed by atoms with Crippen molar-refractivity contribution in [2.75, 3.05) is 40.3 Å². The predicted molar refractivity (Wildman–Crippen MR) is 109 cm³/mol. The summed E-state index contributed by atoms with van der Waals surface area (Å²) >= 11 is 0. The molecule has 0 spiro atoms. The van der Waals surface area contributed by atoms with Crippen LogP contribution in [0.4, 0.5) is 11.4 Å². The molecule has 2 aromatic rings. The van der Waals surface area contributed by atoms with Crippen molar-refractivity contribution in [2.24, 2.45) is 0 Å². The molecule has 0 atom stereocenters. The summed E-state index contributed by atoms with van der Waals surface area (Å²) in [5.74, 6) is -0.636. The van der Waals surface area contributed by atoms with Crippen LogP contribution < -0.4 is 14.8 Å². The first-order valence-corrected chi connectivity index (χ1v) is 8.75. The first-order valence-electron chi connectivity index (χ1n) is 8.75. The van der Waals surface area contributed by atoms with E-state index in [0.717, 1.165) is 12.2 Å². The monoisotopic (exact) mass is 420 g/mol. The molecule has 0 aliphatic heterocycles. The number of hydrogen-bond donors (Lipinski definition) is 1. The van der Waals surface area contributed by atoms with Crippen LogP contribution in [0.25, 0.3) is 0 Å². The summed E-state index contributed by atoms with van der Waals surface area (Å²) < 4.78 is 19.1. The highest BCUT2D eigenvalue weighted by molar-refractivity contribution is 5.95. The van der Waals surface area contributed by atoms with Crippen molar-refractivity contribution in [2.45, 2.75) is 6.92 Å². The van der Waals surface area contributed by atoms with Gasteiger partial charge in [0, 0.05) is 12.6 Å². The number of nitrogens with zero attached hydrogens (tertiary/aromatic N) is 1. The maximum atomic E-state index is 11.4. The van der Waals surface area contributed by atoms with Gasteiger partial charge in [-0.2, -0.15) is 0 Å². The fraction of sp³-hybridized carbons (Fsp3) is 0.300. The van der Waals surface area contributed by atoms with E-state index in [1.807, 2.05) is 13.0 Å². The molecule has 10 nitrogen and oxygen atoms in total. The third-order valence-electron chi connectivity index (χ3n) is 3.79. The minimum atomic E-state index is -0.671. The molecular weight excluding hydrogens is 396 g/mol. The Morgan fingerprint density at radius 1 is 0.900 bits per heavy atom. The Bertz CT molecular complexity index is 898. The van der Waals surface area contributed by atoms with Gasteiger partial charge in [0.25, 0.3) is 0 Å². The lowest BCUT2D eigenvalue weighted by atomic mass is 10.1. The molecule has 162 valence electrons. The lowest BCUT2D eigenvalue weighted by Crippen LogP contribution is -2.07. The summed E-state index contributed by atoms with van der Waals surface area (Å²) in [7, 11) is 5.33. The molecule has 0 saturated heterocycles. The van der Waals surface area contributed by atoms with Gasteiger partial charge in [-0.05, 0) is 25.1 Å². The van der Waals surface area contributed by atoms with E-state index in [4.69, 9.17) is 9.47 Å². The highest BCUT2D eigenvalue weighted by atomic mass is 16.6. The molecule has 10 heteroatoms. The molecule has 0 amide bonds. The minimum Gasteiger partial charge on any atom is -0.494 e. The largest absolute Gasteiger partial charge is 0.494 e. The molecule has 0 aromatic heterocycles. The number of anilines is 1. The second kappa shape index (κ2) is 11.9. The number of ether oxygens (including phenoxy) is 4. The number of carbonyl (C=O) groups excluding carboxylic acids is 2. The zero-order chi connectivity index (χ0) is 22.7. The molecule has 0 aliphatic rings. The summed E-state index contributed by atoms with van der Waals surface area (Å²) in [6.07, 6.45) is 0. The van der Waals surface area contributed by atoms with Gasteiger partial charge in [-0.25, -0.2) is 9.59 Å². The SMILES string of the molecule is CCNc1cccc(C(=O)OC)c1OC.COC(=O)c1cccc([N+](=O)[O-])c1OC. The van der Waals surface area contributed by atoms with E-state index >= 15 is 0 Å². The summed E-state index contributed by atoms with van der Waals surface area (Å²) in [5, 5.41) is 13.7. The predicted octanol–water partition coefficient (Wildman–Crippen LogP) is 3.30. The maximum absolute atomic E-state index is 11.4. The van der Waals surface area contributed by atoms with Gasteiger partial charge in [-0.3, -0.25) is 10.1 Å². The van der Waals surface area contributed by atoms with Crippen molar-refractivity contribution < 1.29 is 33.5 Å². The van der Waals surface area contributed by atoms with Crippen LogP contribution in [0, 0.1) is 10.1 Å². The highest BCUT2D eigenvalue weighted by Crippen LogP contribution is 2.31. The summed E-state index contributed by atoms with van der Waals surface area (Å²) in [5.41, 5.74) is 0.996. The van der Waals surface area contributed by atoms with Crippen LogP contribution >= 0.6 is 0 Å². The van der Waals surface area contributed by atoms with E-state index in [0.29, 0.717) is 11.3 Å². The highest BCUT2D eigenvalue weighted by Gasteiger charge is 2.22. The fourth-order valence-corrected chi connectivity index (χ4v) is 2.51. The number of para-hydroxylation sites is 2. The molecule has 0 saturated carbocycles. The molecule has 0 radical (unpaired) electrons. The standard InChI is InChI=1S/C11H15NO3.C9H9NO5/c1-4-12-9-7-5-6-8(10(9)14-2)11(13)15-3;1-14-8-6(9(11)15-2)4-3-5-7(8)10(12)13/h5-7,12H,4H2,1-3H3;3-5H,1-2H3. The number of nitrogens with one attached hydrogen (secondary N) is 1. The van der Waals surface area contributed by atoms with Gasteiger partial charge in [-0.15, -0.1) is 0 Å². The zero-order valence-electron chi connectivity index (χ0n) is 17.4. The molecule has 0 aliphatic carbocycles. The zero-order valence-corrected chi connectivity index (χ0v) is 17.4. The Balaban J connectivity index is 0.000000300. The lowest BCUT2D eigenvalue weighted by molar-refractivity contribution is -0.385. The number of rotatable bonds is 7. The molecule has 0 unspecified atom stereocenters. The molecule has 1 N–H and O–H groups in total. The third-order valence-corrected chi connectivity index (χ3v) is 3.79. The Hall–Kier alpha value is -3.82. The normalized spacial score (nSPS) is 9.50.